The zero-order chi connectivity index (χ0) is 8.97. The second-order valence-electron chi connectivity index (χ2n) is 3.44. The minimum atomic E-state index is 0.396. The van der Waals surface area contributed by atoms with Crippen LogP contribution in [-0.4, -0.2) is 9.55 Å². The fourth-order valence-electron chi connectivity index (χ4n) is 1.29. The second kappa shape index (κ2) is 4.10. The van der Waals surface area contributed by atoms with Crippen LogP contribution in [-0.2, 0) is 0 Å². The molecule has 0 spiro atoms. The SMILES string of the molecule is C=CC(CC(C)C)n1ccnc1. The maximum Gasteiger partial charge on any atom is 0.0951 e. The summed E-state index contributed by atoms with van der Waals surface area (Å²) in [6.45, 7) is 8.25. The number of hydrogen-bond donors (Lipinski definition) is 0. The zero-order valence-corrected chi connectivity index (χ0v) is 7.77. The number of nitrogens with zero attached hydrogens (tertiary/aromatic N) is 2. The van der Waals surface area contributed by atoms with Crippen LogP contribution in [0.4, 0.5) is 0 Å². The van der Waals surface area contributed by atoms with Crippen molar-refractivity contribution in [3.63, 3.8) is 0 Å². The van der Waals surface area contributed by atoms with Gasteiger partial charge in [0.05, 0.1) is 12.4 Å². The van der Waals surface area contributed by atoms with Crippen LogP contribution in [0.15, 0.2) is 31.4 Å². The van der Waals surface area contributed by atoms with Crippen LogP contribution < -0.4 is 0 Å². The molecule has 1 atom stereocenters. The first-order valence-corrected chi connectivity index (χ1v) is 4.34. The number of aromatic nitrogens is 2. The van der Waals surface area contributed by atoms with E-state index in [-0.39, 0.29) is 0 Å². The molecule has 1 heterocycles. The third kappa shape index (κ3) is 2.22. The molecule has 12 heavy (non-hydrogen) atoms. The van der Waals surface area contributed by atoms with Gasteiger partial charge in [-0.2, -0.15) is 0 Å². The van der Waals surface area contributed by atoms with E-state index in [1.165, 1.54) is 0 Å². The van der Waals surface area contributed by atoms with Crippen LogP contribution in [0, 0.1) is 5.92 Å². The molecule has 1 aromatic rings. The lowest BCUT2D eigenvalue weighted by Gasteiger charge is -2.15. The van der Waals surface area contributed by atoms with E-state index in [1.807, 2.05) is 18.6 Å². The number of imidazole rings is 1. The standard InChI is InChI=1S/C10H16N2/c1-4-10(7-9(2)3)12-6-5-11-8-12/h4-6,8-10H,1,7H2,2-3H3. The van der Waals surface area contributed by atoms with Gasteiger partial charge in [-0.05, 0) is 12.3 Å². The summed E-state index contributed by atoms with van der Waals surface area (Å²) in [6.07, 6.45) is 8.72. The molecule has 0 radical (unpaired) electrons. The Hall–Kier alpha value is -1.05. The van der Waals surface area contributed by atoms with Crippen LogP contribution in [0.3, 0.4) is 0 Å². The van der Waals surface area contributed by atoms with Crippen molar-refractivity contribution in [1.82, 2.24) is 9.55 Å². The van der Waals surface area contributed by atoms with Gasteiger partial charge in [-0.3, -0.25) is 0 Å². The van der Waals surface area contributed by atoms with E-state index >= 15 is 0 Å². The van der Waals surface area contributed by atoms with E-state index in [1.54, 1.807) is 6.20 Å². The van der Waals surface area contributed by atoms with E-state index in [0.717, 1.165) is 6.42 Å². The molecule has 1 aromatic heterocycles. The summed E-state index contributed by atoms with van der Waals surface area (Å²) in [7, 11) is 0. The molecule has 0 aliphatic carbocycles. The highest BCUT2D eigenvalue weighted by Crippen LogP contribution is 2.17. The van der Waals surface area contributed by atoms with E-state index in [2.05, 4.69) is 30.0 Å². The molecule has 1 rings (SSSR count). The van der Waals surface area contributed by atoms with Crippen molar-refractivity contribution in [1.29, 1.82) is 0 Å². The molecule has 0 aromatic carbocycles. The van der Waals surface area contributed by atoms with Gasteiger partial charge < -0.3 is 4.57 Å². The Labute approximate surface area is 73.9 Å². The number of hydrogen-bond acceptors (Lipinski definition) is 1. The molecule has 0 aliphatic heterocycles. The first-order chi connectivity index (χ1) is 5.74. The second-order valence-corrected chi connectivity index (χ2v) is 3.44. The molecule has 1 unspecified atom stereocenters. The molecule has 0 aliphatic rings. The highest BCUT2D eigenvalue weighted by Gasteiger charge is 2.07. The molecule has 66 valence electrons. The smallest absolute Gasteiger partial charge is 0.0951 e. The first kappa shape index (κ1) is 9.04. The van der Waals surface area contributed by atoms with Crippen LogP contribution in [0.2, 0.25) is 0 Å². The van der Waals surface area contributed by atoms with Crippen LogP contribution in [0.5, 0.6) is 0 Å². The minimum Gasteiger partial charge on any atom is -0.331 e. The van der Waals surface area contributed by atoms with Gasteiger partial charge in [-0.25, -0.2) is 4.98 Å². The van der Waals surface area contributed by atoms with Gasteiger partial charge in [-0.1, -0.05) is 19.9 Å². The van der Waals surface area contributed by atoms with Crippen LogP contribution >= 0.6 is 0 Å². The van der Waals surface area contributed by atoms with Crippen molar-refractivity contribution in [2.75, 3.05) is 0 Å². The monoisotopic (exact) mass is 164 g/mol. The molecule has 2 nitrogen and oxygen atoms in total. The maximum atomic E-state index is 4.01. The molecule has 0 N–H and O–H groups in total. The van der Waals surface area contributed by atoms with Gasteiger partial charge >= 0.3 is 0 Å². The Kier molecular flexibility index (Phi) is 3.09. The lowest BCUT2D eigenvalue weighted by Crippen LogP contribution is -2.06. The van der Waals surface area contributed by atoms with Crippen molar-refractivity contribution in [3.05, 3.63) is 31.4 Å². The lowest BCUT2D eigenvalue weighted by molar-refractivity contribution is 0.462. The number of allylic oxidation sites excluding steroid dienone is 1. The predicted molar refractivity (Wildman–Crippen MR) is 50.9 cm³/mol. The van der Waals surface area contributed by atoms with E-state index < -0.39 is 0 Å². The number of rotatable bonds is 4. The first-order valence-electron chi connectivity index (χ1n) is 4.34. The van der Waals surface area contributed by atoms with Gasteiger partial charge in [0.2, 0.25) is 0 Å². The predicted octanol–water partition coefficient (Wildman–Crippen LogP) is 2.66. The van der Waals surface area contributed by atoms with E-state index in [9.17, 15) is 0 Å². The molecule has 0 fully saturated rings. The molecule has 0 saturated heterocycles. The Morgan fingerprint density at radius 2 is 2.33 bits per heavy atom. The van der Waals surface area contributed by atoms with Crippen molar-refractivity contribution in [3.8, 4) is 0 Å². The third-order valence-electron chi connectivity index (χ3n) is 1.89. The highest BCUT2D eigenvalue weighted by molar-refractivity contribution is 4.90. The van der Waals surface area contributed by atoms with Gasteiger partial charge in [-0.15, -0.1) is 6.58 Å². The Morgan fingerprint density at radius 3 is 2.75 bits per heavy atom. The van der Waals surface area contributed by atoms with Gasteiger partial charge in [0, 0.05) is 12.4 Å². The van der Waals surface area contributed by atoms with Crippen LogP contribution in [0.25, 0.3) is 0 Å². The van der Waals surface area contributed by atoms with Gasteiger partial charge in [0.25, 0.3) is 0 Å². The quantitative estimate of drug-likeness (QED) is 0.625. The van der Waals surface area contributed by atoms with E-state index in [4.69, 9.17) is 0 Å². The average Bonchev–Trinajstić information content (AvgIpc) is 2.51. The Morgan fingerprint density at radius 1 is 1.58 bits per heavy atom. The largest absolute Gasteiger partial charge is 0.331 e. The third-order valence-corrected chi connectivity index (χ3v) is 1.89. The van der Waals surface area contributed by atoms with E-state index in [0.29, 0.717) is 12.0 Å². The molecule has 0 saturated carbocycles. The topological polar surface area (TPSA) is 17.8 Å². The van der Waals surface area contributed by atoms with Crippen molar-refractivity contribution >= 4 is 0 Å². The highest BCUT2D eigenvalue weighted by atomic mass is 15.0. The van der Waals surface area contributed by atoms with Crippen molar-refractivity contribution < 1.29 is 0 Å². The summed E-state index contributed by atoms with van der Waals surface area (Å²) < 4.78 is 2.09. The summed E-state index contributed by atoms with van der Waals surface area (Å²) in [5.74, 6) is 0.690. The normalized spacial score (nSPS) is 13.2. The van der Waals surface area contributed by atoms with Gasteiger partial charge in [0.15, 0.2) is 0 Å². The molecular formula is C10H16N2. The molecule has 2 heteroatoms. The van der Waals surface area contributed by atoms with Crippen LogP contribution in [0.1, 0.15) is 26.3 Å². The Balaban J connectivity index is 2.63. The summed E-state index contributed by atoms with van der Waals surface area (Å²) in [6, 6.07) is 0.396. The minimum absolute atomic E-state index is 0.396. The summed E-state index contributed by atoms with van der Waals surface area (Å²) in [4.78, 5) is 4.01. The summed E-state index contributed by atoms with van der Waals surface area (Å²) in [5, 5.41) is 0. The van der Waals surface area contributed by atoms with Gasteiger partial charge in [0.1, 0.15) is 0 Å². The average molecular weight is 164 g/mol. The molecular weight excluding hydrogens is 148 g/mol. The lowest BCUT2D eigenvalue weighted by atomic mass is 10.0. The molecule has 0 bridgehead atoms. The maximum absolute atomic E-state index is 4.01. The fraction of sp³-hybridized carbons (Fsp3) is 0.500. The summed E-state index contributed by atoms with van der Waals surface area (Å²) in [5.41, 5.74) is 0. The summed E-state index contributed by atoms with van der Waals surface area (Å²) >= 11 is 0. The van der Waals surface area contributed by atoms with Crippen molar-refractivity contribution in [2.24, 2.45) is 5.92 Å². The molecule has 0 amide bonds. The zero-order valence-electron chi connectivity index (χ0n) is 7.77. The van der Waals surface area contributed by atoms with Crippen molar-refractivity contribution in [2.45, 2.75) is 26.3 Å². The fourth-order valence-corrected chi connectivity index (χ4v) is 1.29. The Bertz CT molecular complexity index is 224.